The molecule has 0 amide bonds. The van der Waals surface area contributed by atoms with Crippen molar-refractivity contribution in [3.05, 3.63) is 64.7 Å². The highest BCUT2D eigenvalue weighted by Gasteiger charge is 2.06. The summed E-state index contributed by atoms with van der Waals surface area (Å²) in [4.78, 5) is 3.85. The standard InChI is InChI=1S/C15H13N3O2S/c1-12-2-4-13(5-3-12)8-9-21(19,20)18-15-7-6-14(10-16)11-17-15/h2-9,11H,1H3,(H,17,18)/b9-8+. The lowest BCUT2D eigenvalue weighted by atomic mass is 10.2. The lowest BCUT2D eigenvalue weighted by molar-refractivity contribution is 0.609. The van der Waals surface area contributed by atoms with Gasteiger partial charge in [0.25, 0.3) is 10.0 Å². The van der Waals surface area contributed by atoms with Gasteiger partial charge in [0.05, 0.1) is 11.0 Å². The van der Waals surface area contributed by atoms with Gasteiger partial charge in [-0.3, -0.25) is 4.72 Å². The van der Waals surface area contributed by atoms with Crippen LogP contribution in [-0.4, -0.2) is 13.4 Å². The predicted molar refractivity (Wildman–Crippen MR) is 81.7 cm³/mol. The first-order chi connectivity index (χ1) is 9.98. The molecule has 6 heteroatoms. The average Bonchev–Trinajstić information content (AvgIpc) is 2.47. The summed E-state index contributed by atoms with van der Waals surface area (Å²) in [5.41, 5.74) is 2.27. The molecule has 0 spiro atoms. The van der Waals surface area contributed by atoms with Crippen LogP contribution >= 0.6 is 0 Å². The maximum atomic E-state index is 11.9. The monoisotopic (exact) mass is 299 g/mol. The smallest absolute Gasteiger partial charge is 0.256 e. The number of hydrogen-bond acceptors (Lipinski definition) is 4. The van der Waals surface area contributed by atoms with E-state index in [0.717, 1.165) is 16.5 Å². The van der Waals surface area contributed by atoms with E-state index in [2.05, 4.69) is 9.71 Å². The van der Waals surface area contributed by atoms with E-state index < -0.39 is 10.0 Å². The molecule has 0 aliphatic heterocycles. The summed E-state index contributed by atoms with van der Waals surface area (Å²) in [5.74, 6) is 0.169. The number of nitrogens with zero attached hydrogens (tertiary/aromatic N) is 2. The molecule has 0 aliphatic carbocycles. The van der Waals surface area contributed by atoms with Gasteiger partial charge in [-0.2, -0.15) is 5.26 Å². The van der Waals surface area contributed by atoms with Crippen molar-refractivity contribution >= 4 is 21.9 Å². The van der Waals surface area contributed by atoms with E-state index >= 15 is 0 Å². The molecular formula is C15H13N3O2S. The fourth-order valence-corrected chi connectivity index (χ4v) is 2.36. The number of aromatic nitrogens is 1. The molecule has 0 unspecified atom stereocenters. The van der Waals surface area contributed by atoms with Gasteiger partial charge < -0.3 is 0 Å². The van der Waals surface area contributed by atoms with Crippen LogP contribution in [-0.2, 0) is 10.0 Å². The minimum atomic E-state index is -3.64. The number of rotatable bonds is 4. The van der Waals surface area contributed by atoms with Gasteiger partial charge in [-0.25, -0.2) is 13.4 Å². The second-order valence-electron chi connectivity index (χ2n) is 4.40. The molecule has 0 saturated heterocycles. The number of sulfonamides is 1. The van der Waals surface area contributed by atoms with Crippen LogP contribution in [0.1, 0.15) is 16.7 Å². The third kappa shape index (κ3) is 4.44. The second-order valence-corrected chi connectivity index (χ2v) is 5.97. The minimum Gasteiger partial charge on any atom is -0.264 e. The molecule has 1 heterocycles. The maximum absolute atomic E-state index is 11.9. The van der Waals surface area contributed by atoms with Crippen LogP contribution < -0.4 is 4.72 Å². The first kappa shape index (κ1) is 14.8. The Morgan fingerprint density at radius 3 is 2.48 bits per heavy atom. The Balaban J connectivity index is 2.11. The van der Waals surface area contributed by atoms with Gasteiger partial charge in [-0.15, -0.1) is 0 Å². The molecule has 106 valence electrons. The number of pyridine rings is 1. The van der Waals surface area contributed by atoms with E-state index in [4.69, 9.17) is 5.26 Å². The second kappa shape index (κ2) is 6.20. The molecule has 5 nitrogen and oxygen atoms in total. The van der Waals surface area contributed by atoms with Crippen molar-refractivity contribution in [1.82, 2.24) is 4.98 Å². The number of anilines is 1. The summed E-state index contributed by atoms with van der Waals surface area (Å²) < 4.78 is 26.1. The SMILES string of the molecule is Cc1ccc(/C=C/S(=O)(=O)Nc2ccc(C#N)cn2)cc1. The molecule has 21 heavy (non-hydrogen) atoms. The Hall–Kier alpha value is -2.65. The Kier molecular flexibility index (Phi) is 4.36. The Bertz CT molecular complexity index is 786. The zero-order valence-electron chi connectivity index (χ0n) is 11.3. The highest BCUT2D eigenvalue weighted by atomic mass is 32.2. The maximum Gasteiger partial charge on any atom is 0.256 e. The molecule has 0 aliphatic rings. The van der Waals surface area contributed by atoms with Crippen molar-refractivity contribution < 1.29 is 8.42 Å². The van der Waals surface area contributed by atoms with E-state index in [1.807, 2.05) is 37.3 Å². The van der Waals surface area contributed by atoms with E-state index in [1.54, 1.807) is 0 Å². The van der Waals surface area contributed by atoms with Gasteiger partial charge in [-0.1, -0.05) is 29.8 Å². The van der Waals surface area contributed by atoms with Crippen molar-refractivity contribution in [2.75, 3.05) is 4.72 Å². The summed E-state index contributed by atoms with van der Waals surface area (Å²) in [5, 5.41) is 9.73. The van der Waals surface area contributed by atoms with Gasteiger partial charge in [0.15, 0.2) is 0 Å². The lowest BCUT2D eigenvalue weighted by Crippen LogP contribution is -2.10. The third-order valence-corrected chi connectivity index (χ3v) is 3.64. The number of nitrogens with one attached hydrogen (secondary N) is 1. The number of benzene rings is 1. The van der Waals surface area contributed by atoms with Gasteiger partial charge >= 0.3 is 0 Å². The zero-order chi connectivity index (χ0) is 15.3. The molecule has 0 saturated carbocycles. The topological polar surface area (TPSA) is 82.9 Å². The van der Waals surface area contributed by atoms with E-state index in [0.29, 0.717) is 5.56 Å². The normalized spacial score (nSPS) is 11.2. The molecule has 1 aromatic heterocycles. The third-order valence-electron chi connectivity index (χ3n) is 2.66. The molecule has 0 bridgehead atoms. The predicted octanol–water partition coefficient (Wildman–Crippen LogP) is 2.67. The lowest BCUT2D eigenvalue weighted by Gasteiger charge is -2.03. The summed E-state index contributed by atoms with van der Waals surface area (Å²) in [6, 6.07) is 12.3. The summed E-state index contributed by atoms with van der Waals surface area (Å²) in [6.45, 7) is 1.96. The Morgan fingerprint density at radius 2 is 1.90 bits per heavy atom. The molecule has 0 fully saturated rings. The molecule has 0 atom stereocenters. The van der Waals surface area contributed by atoms with Crippen molar-refractivity contribution in [3.8, 4) is 6.07 Å². The molecular weight excluding hydrogens is 286 g/mol. The first-order valence-electron chi connectivity index (χ1n) is 6.12. The van der Waals surface area contributed by atoms with Crippen molar-refractivity contribution in [2.45, 2.75) is 6.92 Å². The van der Waals surface area contributed by atoms with E-state index in [9.17, 15) is 8.42 Å². The number of hydrogen-bond donors (Lipinski definition) is 1. The van der Waals surface area contributed by atoms with Crippen LogP contribution in [0.3, 0.4) is 0 Å². The van der Waals surface area contributed by atoms with Gasteiger partial charge in [0.1, 0.15) is 11.9 Å². The van der Waals surface area contributed by atoms with Crippen molar-refractivity contribution in [2.24, 2.45) is 0 Å². The van der Waals surface area contributed by atoms with Crippen LogP contribution in [0, 0.1) is 18.3 Å². The number of aryl methyl sites for hydroxylation is 1. The molecule has 2 aromatic rings. The summed E-state index contributed by atoms with van der Waals surface area (Å²) in [6.07, 6.45) is 2.81. The van der Waals surface area contributed by atoms with Crippen LogP contribution in [0.5, 0.6) is 0 Å². The molecule has 1 N–H and O–H groups in total. The molecule has 2 rings (SSSR count). The fraction of sp³-hybridized carbons (Fsp3) is 0.0667. The van der Waals surface area contributed by atoms with Crippen LogP contribution in [0.15, 0.2) is 48.0 Å². The molecule has 0 radical (unpaired) electrons. The van der Waals surface area contributed by atoms with Crippen molar-refractivity contribution in [1.29, 1.82) is 5.26 Å². The summed E-state index contributed by atoms with van der Waals surface area (Å²) >= 11 is 0. The van der Waals surface area contributed by atoms with Crippen LogP contribution in [0.2, 0.25) is 0 Å². The average molecular weight is 299 g/mol. The largest absolute Gasteiger partial charge is 0.264 e. The highest BCUT2D eigenvalue weighted by molar-refractivity contribution is 7.95. The fourth-order valence-electron chi connectivity index (χ4n) is 1.55. The minimum absolute atomic E-state index is 0.169. The highest BCUT2D eigenvalue weighted by Crippen LogP contribution is 2.10. The Morgan fingerprint density at radius 1 is 1.19 bits per heavy atom. The van der Waals surface area contributed by atoms with Crippen LogP contribution in [0.4, 0.5) is 5.82 Å². The van der Waals surface area contributed by atoms with E-state index in [1.165, 1.54) is 24.4 Å². The first-order valence-corrected chi connectivity index (χ1v) is 7.67. The van der Waals surface area contributed by atoms with Gasteiger partial charge in [0.2, 0.25) is 0 Å². The summed E-state index contributed by atoms with van der Waals surface area (Å²) in [7, 11) is -3.64. The van der Waals surface area contributed by atoms with Gasteiger partial charge in [0, 0.05) is 6.20 Å². The Labute approximate surface area is 123 Å². The number of nitriles is 1. The van der Waals surface area contributed by atoms with Crippen molar-refractivity contribution in [3.63, 3.8) is 0 Å². The quantitative estimate of drug-likeness (QED) is 0.940. The van der Waals surface area contributed by atoms with Gasteiger partial charge in [-0.05, 0) is 30.7 Å². The van der Waals surface area contributed by atoms with E-state index in [-0.39, 0.29) is 5.82 Å². The molecule has 1 aromatic carbocycles. The van der Waals surface area contributed by atoms with Crippen LogP contribution in [0.25, 0.3) is 6.08 Å². The zero-order valence-corrected chi connectivity index (χ0v) is 12.1.